The van der Waals surface area contributed by atoms with Crippen molar-refractivity contribution in [1.29, 1.82) is 0 Å². The summed E-state index contributed by atoms with van der Waals surface area (Å²) in [7, 11) is 1.96. The van der Waals surface area contributed by atoms with Crippen LogP contribution in [0.2, 0.25) is 5.02 Å². The summed E-state index contributed by atoms with van der Waals surface area (Å²) >= 11 is 6.25. The second kappa shape index (κ2) is 5.69. The average Bonchev–Trinajstić information content (AvgIpc) is 2.43. The first kappa shape index (κ1) is 13.5. The molecule has 4 heteroatoms. The van der Waals surface area contributed by atoms with Gasteiger partial charge in [0, 0.05) is 19.5 Å². The van der Waals surface area contributed by atoms with E-state index in [4.69, 9.17) is 11.6 Å². The van der Waals surface area contributed by atoms with E-state index < -0.39 is 0 Å². The number of aryl methyl sites for hydroxylation is 2. The van der Waals surface area contributed by atoms with Crippen LogP contribution in [-0.2, 0) is 13.5 Å². The second-order valence-corrected chi connectivity index (χ2v) is 4.96. The van der Waals surface area contributed by atoms with Crippen molar-refractivity contribution in [1.82, 2.24) is 15.1 Å². The van der Waals surface area contributed by atoms with Gasteiger partial charge in [-0.25, -0.2) is 0 Å². The first-order valence-corrected chi connectivity index (χ1v) is 6.26. The molecule has 0 aromatic carbocycles. The van der Waals surface area contributed by atoms with E-state index >= 15 is 0 Å². The topological polar surface area (TPSA) is 29.9 Å². The van der Waals surface area contributed by atoms with Gasteiger partial charge in [-0.2, -0.15) is 5.10 Å². The predicted molar refractivity (Wildman–Crippen MR) is 69.0 cm³/mol. The number of halogens is 1. The lowest BCUT2D eigenvalue weighted by molar-refractivity contribution is 0.397. The minimum absolute atomic E-state index is 0.456. The summed E-state index contributed by atoms with van der Waals surface area (Å²) in [6.07, 6.45) is 0.932. The van der Waals surface area contributed by atoms with Crippen LogP contribution in [0.15, 0.2) is 0 Å². The molecule has 0 spiro atoms. The van der Waals surface area contributed by atoms with Crippen molar-refractivity contribution >= 4 is 11.6 Å². The molecule has 1 aromatic rings. The molecular weight excluding hydrogens is 222 g/mol. The zero-order valence-electron chi connectivity index (χ0n) is 10.8. The number of nitrogens with one attached hydrogen (secondary N) is 1. The van der Waals surface area contributed by atoms with Crippen LogP contribution in [0.5, 0.6) is 0 Å². The van der Waals surface area contributed by atoms with E-state index in [-0.39, 0.29) is 0 Å². The molecule has 0 aliphatic carbocycles. The first-order chi connectivity index (χ1) is 7.47. The van der Waals surface area contributed by atoms with E-state index in [1.54, 1.807) is 0 Å². The quantitative estimate of drug-likeness (QED) is 0.862. The lowest BCUT2D eigenvalue weighted by Crippen LogP contribution is -2.36. The lowest BCUT2D eigenvalue weighted by atomic mass is 9.99. The van der Waals surface area contributed by atoms with Crippen molar-refractivity contribution < 1.29 is 0 Å². The Bertz CT molecular complexity index is 344. The molecule has 16 heavy (non-hydrogen) atoms. The Labute approximate surface area is 103 Å². The van der Waals surface area contributed by atoms with Crippen LogP contribution in [0.3, 0.4) is 0 Å². The maximum Gasteiger partial charge on any atom is 0.0847 e. The van der Waals surface area contributed by atoms with E-state index in [1.807, 2.05) is 18.7 Å². The first-order valence-electron chi connectivity index (χ1n) is 5.88. The molecule has 0 saturated heterocycles. The van der Waals surface area contributed by atoms with E-state index in [9.17, 15) is 0 Å². The number of aromatic nitrogens is 2. The Morgan fingerprint density at radius 3 is 2.44 bits per heavy atom. The number of nitrogens with zero attached hydrogens (tertiary/aromatic N) is 2. The normalized spacial score (nSPS) is 13.4. The number of hydrogen-bond acceptors (Lipinski definition) is 2. The fourth-order valence-electron chi connectivity index (χ4n) is 1.92. The molecule has 0 saturated carbocycles. The SMILES string of the molecule is CCNC(Cc1c(Cl)c(C)nn1C)C(C)C. The van der Waals surface area contributed by atoms with Crippen LogP contribution in [-0.4, -0.2) is 22.4 Å². The third-order valence-corrected chi connectivity index (χ3v) is 3.44. The van der Waals surface area contributed by atoms with Gasteiger partial charge in [-0.05, 0) is 19.4 Å². The highest BCUT2D eigenvalue weighted by atomic mass is 35.5. The summed E-state index contributed by atoms with van der Waals surface area (Å²) in [5.41, 5.74) is 2.04. The van der Waals surface area contributed by atoms with Crippen LogP contribution in [0.25, 0.3) is 0 Å². The van der Waals surface area contributed by atoms with Crippen molar-refractivity contribution in [3.8, 4) is 0 Å². The Morgan fingerprint density at radius 1 is 1.44 bits per heavy atom. The minimum atomic E-state index is 0.456. The maximum absolute atomic E-state index is 6.25. The molecule has 1 unspecified atom stereocenters. The largest absolute Gasteiger partial charge is 0.314 e. The van der Waals surface area contributed by atoms with Crippen molar-refractivity contribution in [2.75, 3.05) is 6.54 Å². The second-order valence-electron chi connectivity index (χ2n) is 4.58. The molecule has 1 atom stereocenters. The molecule has 1 N–H and O–H groups in total. The van der Waals surface area contributed by atoms with Crippen LogP contribution in [0, 0.1) is 12.8 Å². The van der Waals surface area contributed by atoms with Crippen LogP contribution < -0.4 is 5.32 Å². The highest BCUT2D eigenvalue weighted by molar-refractivity contribution is 6.31. The van der Waals surface area contributed by atoms with Gasteiger partial charge in [0.15, 0.2) is 0 Å². The molecule has 1 aromatic heterocycles. The van der Waals surface area contributed by atoms with E-state index in [2.05, 4.69) is 31.2 Å². The third kappa shape index (κ3) is 2.98. The van der Waals surface area contributed by atoms with Crippen LogP contribution in [0.4, 0.5) is 0 Å². The van der Waals surface area contributed by atoms with Gasteiger partial charge in [-0.15, -0.1) is 0 Å². The standard InChI is InChI=1S/C12H22ClN3/c1-6-14-10(8(2)3)7-11-12(13)9(4)15-16(11)5/h8,10,14H,6-7H2,1-5H3. The molecule has 0 bridgehead atoms. The monoisotopic (exact) mass is 243 g/mol. The number of rotatable bonds is 5. The zero-order chi connectivity index (χ0) is 12.3. The Hall–Kier alpha value is -0.540. The Balaban J connectivity index is 2.84. The summed E-state index contributed by atoms with van der Waals surface area (Å²) in [6, 6.07) is 0.456. The molecule has 0 aliphatic rings. The maximum atomic E-state index is 6.25. The summed E-state index contributed by atoms with van der Waals surface area (Å²) in [5, 5.41) is 8.65. The summed E-state index contributed by atoms with van der Waals surface area (Å²) in [6.45, 7) is 9.52. The van der Waals surface area contributed by atoms with Gasteiger partial charge in [0.05, 0.1) is 16.4 Å². The molecule has 1 heterocycles. The molecular formula is C12H22ClN3. The lowest BCUT2D eigenvalue weighted by Gasteiger charge is -2.21. The van der Waals surface area contributed by atoms with E-state index in [0.29, 0.717) is 12.0 Å². The number of hydrogen-bond donors (Lipinski definition) is 1. The minimum Gasteiger partial charge on any atom is -0.314 e. The van der Waals surface area contributed by atoms with Crippen molar-refractivity contribution in [2.24, 2.45) is 13.0 Å². The van der Waals surface area contributed by atoms with E-state index in [1.165, 1.54) is 0 Å². The molecule has 0 amide bonds. The van der Waals surface area contributed by atoms with Gasteiger partial charge >= 0.3 is 0 Å². The highest BCUT2D eigenvalue weighted by Gasteiger charge is 2.18. The van der Waals surface area contributed by atoms with E-state index in [0.717, 1.165) is 29.4 Å². The van der Waals surface area contributed by atoms with Crippen LogP contribution >= 0.6 is 11.6 Å². The molecule has 0 fully saturated rings. The average molecular weight is 244 g/mol. The number of likely N-dealkylation sites (N-methyl/N-ethyl adjacent to an activating group) is 1. The van der Waals surface area contributed by atoms with Gasteiger partial charge in [0.25, 0.3) is 0 Å². The fourth-order valence-corrected chi connectivity index (χ4v) is 2.15. The van der Waals surface area contributed by atoms with Gasteiger partial charge < -0.3 is 5.32 Å². The third-order valence-electron chi connectivity index (χ3n) is 2.95. The Kier molecular flexibility index (Phi) is 4.81. The summed E-state index contributed by atoms with van der Waals surface area (Å²) in [4.78, 5) is 0. The molecule has 0 aliphatic heterocycles. The van der Waals surface area contributed by atoms with Gasteiger partial charge in [0.1, 0.15) is 0 Å². The molecule has 3 nitrogen and oxygen atoms in total. The van der Waals surface area contributed by atoms with Crippen molar-refractivity contribution in [2.45, 2.75) is 40.2 Å². The van der Waals surface area contributed by atoms with Crippen LogP contribution in [0.1, 0.15) is 32.2 Å². The molecule has 92 valence electrons. The summed E-state index contributed by atoms with van der Waals surface area (Å²) in [5.74, 6) is 0.589. The zero-order valence-corrected chi connectivity index (χ0v) is 11.6. The molecule has 1 rings (SSSR count). The molecule has 0 radical (unpaired) electrons. The summed E-state index contributed by atoms with van der Waals surface area (Å²) < 4.78 is 1.89. The highest BCUT2D eigenvalue weighted by Crippen LogP contribution is 2.22. The smallest absolute Gasteiger partial charge is 0.0847 e. The predicted octanol–water partition coefficient (Wildman–Crippen LogP) is 2.56. The van der Waals surface area contributed by atoms with Crippen molar-refractivity contribution in [3.63, 3.8) is 0 Å². The van der Waals surface area contributed by atoms with Gasteiger partial charge in [0.2, 0.25) is 0 Å². The van der Waals surface area contributed by atoms with Gasteiger partial charge in [-0.1, -0.05) is 32.4 Å². The fraction of sp³-hybridized carbons (Fsp3) is 0.750. The Morgan fingerprint density at radius 2 is 2.06 bits per heavy atom. The van der Waals surface area contributed by atoms with Crippen molar-refractivity contribution in [3.05, 3.63) is 16.4 Å². The van der Waals surface area contributed by atoms with Gasteiger partial charge in [-0.3, -0.25) is 4.68 Å².